The molecule has 5 rings (SSSR count). The zero-order valence-corrected chi connectivity index (χ0v) is 21.0. The molecule has 0 bridgehead atoms. The molecule has 1 aromatic heterocycles. The summed E-state index contributed by atoms with van der Waals surface area (Å²) in [5.74, 6) is 2.92. The molecule has 1 amide bonds. The highest BCUT2D eigenvalue weighted by Gasteiger charge is 2.63. The topological polar surface area (TPSA) is 76.1 Å². The van der Waals surface area contributed by atoms with Gasteiger partial charge < -0.3 is 5.32 Å². The van der Waals surface area contributed by atoms with Crippen LogP contribution in [0.4, 0.5) is 0 Å². The van der Waals surface area contributed by atoms with Crippen LogP contribution in [0.15, 0.2) is 24.4 Å². The minimum Gasteiger partial charge on any atom is -0.350 e. The third-order valence-electron chi connectivity index (χ3n) is 10.7. The number of Topliss-reactive ketones (excluding diaryl/α,β-unsaturated/α-hetero) is 2. The fourth-order valence-corrected chi connectivity index (χ4v) is 8.90. The third-order valence-corrected chi connectivity index (χ3v) is 10.7. The molecule has 1 N–H and O–H groups in total. The Bertz CT molecular complexity index is 961. The lowest BCUT2D eigenvalue weighted by molar-refractivity contribution is -0.159. The van der Waals surface area contributed by atoms with E-state index in [0.717, 1.165) is 37.8 Å². The molecule has 4 aliphatic carbocycles. The van der Waals surface area contributed by atoms with Crippen LogP contribution in [0.2, 0.25) is 0 Å². The molecule has 4 saturated carbocycles. The van der Waals surface area contributed by atoms with E-state index in [4.69, 9.17) is 0 Å². The Hall–Kier alpha value is -2.04. The average Bonchev–Trinajstić information content (AvgIpc) is 3.17. The van der Waals surface area contributed by atoms with E-state index in [2.05, 4.69) is 31.1 Å². The number of pyridine rings is 1. The molecule has 0 spiro atoms. The number of aromatic nitrogens is 1. The molecule has 4 fully saturated rings. The van der Waals surface area contributed by atoms with Gasteiger partial charge in [0.1, 0.15) is 11.6 Å². The molecule has 0 aliphatic heterocycles. The third kappa shape index (κ3) is 3.93. The maximum atomic E-state index is 13.5. The van der Waals surface area contributed by atoms with Gasteiger partial charge in [-0.3, -0.25) is 19.4 Å². The van der Waals surface area contributed by atoms with Gasteiger partial charge in [-0.2, -0.15) is 0 Å². The number of ketones is 2. The molecule has 4 aliphatic rings. The Morgan fingerprint density at radius 1 is 1.09 bits per heavy atom. The van der Waals surface area contributed by atoms with E-state index >= 15 is 0 Å². The zero-order valence-electron chi connectivity index (χ0n) is 21.0. The predicted molar refractivity (Wildman–Crippen MR) is 130 cm³/mol. The molecule has 0 unspecified atom stereocenters. The van der Waals surface area contributed by atoms with E-state index in [9.17, 15) is 14.4 Å². The molecule has 184 valence electrons. The highest BCUT2D eigenvalue weighted by atomic mass is 16.1. The van der Waals surface area contributed by atoms with Crippen molar-refractivity contribution in [2.45, 2.75) is 85.1 Å². The first-order valence-electron chi connectivity index (χ1n) is 13.4. The van der Waals surface area contributed by atoms with Crippen molar-refractivity contribution in [3.05, 3.63) is 30.1 Å². The van der Waals surface area contributed by atoms with E-state index in [0.29, 0.717) is 67.5 Å². The summed E-state index contributed by atoms with van der Waals surface area (Å²) < 4.78 is 0. The fourth-order valence-electron chi connectivity index (χ4n) is 8.90. The standard InChI is InChI=1S/C29H40N2O3/c1-18(14-26(34)31-17-20-6-4-5-13-30-20)22-7-8-23-27-24(10-12-29(22,23)3)28(2)11-9-21(32)15-19(28)16-25(27)33/h4-6,13,18-19,22-24,27H,7-12,14-17H2,1-3H3,(H,31,34)/t18-,19+,22-,23+,24+,27+,28+,29-/m1/s1. The Morgan fingerprint density at radius 3 is 2.65 bits per heavy atom. The van der Waals surface area contributed by atoms with E-state index in [1.54, 1.807) is 6.20 Å². The molecule has 1 aromatic rings. The zero-order chi connectivity index (χ0) is 24.1. The first kappa shape index (κ1) is 23.7. The lowest BCUT2D eigenvalue weighted by atomic mass is 9.44. The summed E-state index contributed by atoms with van der Waals surface area (Å²) in [4.78, 5) is 42.7. The lowest BCUT2D eigenvalue weighted by Gasteiger charge is -2.59. The van der Waals surface area contributed by atoms with E-state index < -0.39 is 0 Å². The number of fused-ring (bicyclic) bond motifs is 5. The quantitative estimate of drug-likeness (QED) is 0.655. The molecule has 0 saturated heterocycles. The predicted octanol–water partition coefficient (Wildman–Crippen LogP) is 5.13. The number of carbonyl (C=O) groups excluding carboxylic acids is 3. The SMILES string of the molecule is C[C@H](CC(=O)NCc1ccccn1)[C@H]1CC[C@H]2[C@@H]3C(=O)C[C@@H]4CC(=O)CC[C@]4(C)[C@H]3CC[C@]12C. The van der Waals surface area contributed by atoms with Crippen LogP contribution < -0.4 is 5.32 Å². The van der Waals surface area contributed by atoms with Crippen LogP contribution in [0.5, 0.6) is 0 Å². The van der Waals surface area contributed by atoms with Gasteiger partial charge in [0.25, 0.3) is 0 Å². The molecule has 0 radical (unpaired) electrons. The van der Waals surface area contributed by atoms with Gasteiger partial charge in [0, 0.05) is 37.8 Å². The largest absolute Gasteiger partial charge is 0.350 e. The van der Waals surface area contributed by atoms with Crippen molar-refractivity contribution < 1.29 is 14.4 Å². The highest BCUT2D eigenvalue weighted by Crippen LogP contribution is 2.67. The summed E-state index contributed by atoms with van der Waals surface area (Å²) >= 11 is 0. The smallest absolute Gasteiger partial charge is 0.220 e. The highest BCUT2D eigenvalue weighted by molar-refractivity contribution is 5.86. The summed E-state index contributed by atoms with van der Waals surface area (Å²) in [7, 11) is 0. The van der Waals surface area contributed by atoms with E-state index in [1.807, 2.05) is 18.2 Å². The number of carbonyl (C=O) groups is 3. The van der Waals surface area contributed by atoms with Crippen LogP contribution in [-0.2, 0) is 20.9 Å². The van der Waals surface area contributed by atoms with Gasteiger partial charge in [0.2, 0.25) is 5.91 Å². The van der Waals surface area contributed by atoms with Gasteiger partial charge in [-0.25, -0.2) is 0 Å². The maximum Gasteiger partial charge on any atom is 0.220 e. The van der Waals surface area contributed by atoms with Gasteiger partial charge in [-0.15, -0.1) is 0 Å². The summed E-state index contributed by atoms with van der Waals surface area (Å²) in [6, 6.07) is 5.75. The van der Waals surface area contributed by atoms with Crippen molar-refractivity contribution in [1.82, 2.24) is 10.3 Å². The monoisotopic (exact) mass is 464 g/mol. The van der Waals surface area contributed by atoms with Crippen molar-refractivity contribution in [2.24, 2.45) is 46.3 Å². The molecule has 1 heterocycles. The summed E-state index contributed by atoms with van der Waals surface area (Å²) in [6.45, 7) is 7.51. The maximum absolute atomic E-state index is 13.5. The van der Waals surface area contributed by atoms with Crippen molar-refractivity contribution in [1.29, 1.82) is 0 Å². The number of hydrogen-bond donors (Lipinski definition) is 1. The summed E-state index contributed by atoms with van der Waals surface area (Å²) in [5.41, 5.74) is 1.15. The second-order valence-corrected chi connectivity index (χ2v) is 12.4. The Kier molecular flexibility index (Phi) is 6.18. The van der Waals surface area contributed by atoms with Crippen molar-refractivity contribution >= 4 is 17.5 Å². The summed E-state index contributed by atoms with van der Waals surface area (Å²) in [5, 5.41) is 3.05. The number of hydrogen-bond acceptors (Lipinski definition) is 4. The second-order valence-electron chi connectivity index (χ2n) is 12.4. The minimum absolute atomic E-state index is 0.0925. The number of rotatable bonds is 5. The molecule has 5 heteroatoms. The summed E-state index contributed by atoms with van der Waals surface area (Å²) in [6.07, 6.45) is 9.62. The lowest BCUT2D eigenvalue weighted by Crippen LogP contribution is -2.57. The van der Waals surface area contributed by atoms with Crippen LogP contribution in [0, 0.1) is 46.3 Å². The normalized spacial score (nSPS) is 40.1. The Balaban J connectivity index is 1.27. The van der Waals surface area contributed by atoms with Crippen LogP contribution >= 0.6 is 0 Å². The number of amides is 1. The van der Waals surface area contributed by atoms with Gasteiger partial charge in [0.05, 0.1) is 12.2 Å². The minimum atomic E-state index is 0.0925. The molecule has 34 heavy (non-hydrogen) atoms. The van der Waals surface area contributed by atoms with Crippen LogP contribution in [0.25, 0.3) is 0 Å². The Labute approximate surface area is 203 Å². The second kappa shape index (κ2) is 8.87. The molecule has 0 aromatic carbocycles. The first-order chi connectivity index (χ1) is 16.2. The van der Waals surface area contributed by atoms with E-state index in [1.165, 1.54) is 0 Å². The molecule has 8 atom stereocenters. The van der Waals surface area contributed by atoms with E-state index in [-0.39, 0.29) is 28.6 Å². The molecular formula is C29H40N2O3. The first-order valence-corrected chi connectivity index (χ1v) is 13.4. The average molecular weight is 465 g/mol. The van der Waals surface area contributed by atoms with Crippen molar-refractivity contribution in [3.8, 4) is 0 Å². The van der Waals surface area contributed by atoms with Gasteiger partial charge in [-0.1, -0.05) is 26.8 Å². The van der Waals surface area contributed by atoms with Crippen LogP contribution in [0.3, 0.4) is 0 Å². The Morgan fingerprint density at radius 2 is 1.88 bits per heavy atom. The van der Waals surface area contributed by atoms with Crippen molar-refractivity contribution in [2.75, 3.05) is 0 Å². The number of nitrogens with one attached hydrogen (secondary N) is 1. The molecular weight excluding hydrogens is 424 g/mol. The van der Waals surface area contributed by atoms with Gasteiger partial charge in [0.15, 0.2) is 0 Å². The fraction of sp³-hybridized carbons (Fsp3) is 0.724. The van der Waals surface area contributed by atoms with Gasteiger partial charge >= 0.3 is 0 Å². The van der Waals surface area contributed by atoms with Gasteiger partial charge in [-0.05, 0) is 84.7 Å². The number of nitrogens with zero attached hydrogens (tertiary/aromatic N) is 1. The van der Waals surface area contributed by atoms with Crippen LogP contribution in [-0.4, -0.2) is 22.5 Å². The van der Waals surface area contributed by atoms with Crippen molar-refractivity contribution in [3.63, 3.8) is 0 Å². The van der Waals surface area contributed by atoms with Crippen LogP contribution in [0.1, 0.15) is 84.3 Å². The molecule has 5 nitrogen and oxygen atoms in total.